The second kappa shape index (κ2) is 5.38. The Morgan fingerprint density at radius 1 is 1.35 bits per heavy atom. The molecule has 94 valence electrons. The largest absolute Gasteiger partial charge is 0.271 e. The Bertz CT molecular complexity index is 372. The van der Waals surface area contributed by atoms with Gasteiger partial charge in [0.25, 0.3) is 0 Å². The summed E-state index contributed by atoms with van der Waals surface area (Å²) in [5.74, 6) is 5.74. The average molecular weight is 253 g/mol. The van der Waals surface area contributed by atoms with E-state index in [4.69, 9.17) is 17.4 Å². The summed E-state index contributed by atoms with van der Waals surface area (Å²) in [5, 5.41) is 0.842. The zero-order valence-electron chi connectivity index (χ0n) is 10.4. The number of hydrazine groups is 1. The maximum atomic E-state index is 6.21. The Hall–Kier alpha value is -0.570. The molecule has 1 saturated carbocycles. The highest BCUT2D eigenvalue weighted by molar-refractivity contribution is 6.31. The molecule has 1 fully saturated rings. The van der Waals surface area contributed by atoms with Crippen LogP contribution in [0.3, 0.4) is 0 Å². The molecule has 1 aliphatic carbocycles. The molecule has 0 heterocycles. The SMILES string of the molecule is CC1(C(Cc2ccccc2Cl)NN)CCCC1. The molecular weight excluding hydrogens is 232 g/mol. The quantitative estimate of drug-likeness (QED) is 0.638. The van der Waals surface area contributed by atoms with Crippen LogP contribution in [0.1, 0.15) is 38.2 Å². The van der Waals surface area contributed by atoms with Crippen LogP contribution in [-0.2, 0) is 6.42 Å². The molecule has 0 aromatic heterocycles. The van der Waals surface area contributed by atoms with Gasteiger partial charge in [0, 0.05) is 11.1 Å². The summed E-state index contributed by atoms with van der Waals surface area (Å²) in [5.41, 5.74) is 4.50. The van der Waals surface area contributed by atoms with Crippen molar-refractivity contribution in [3.63, 3.8) is 0 Å². The van der Waals surface area contributed by atoms with E-state index in [1.807, 2.05) is 18.2 Å². The van der Waals surface area contributed by atoms with Crippen LogP contribution in [0.4, 0.5) is 0 Å². The first-order chi connectivity index (χ1) is 8.15. The van der Waals surface area contributed by atoms with Gasteiger partial charge in [0.15, 0.2) is 0 Å². The third kappa shape index (κ3) is 2.82. The van der Waals surface area contributed by atoms with E-state index in [9.17, 15) is 0 Å². The summed E-state index contributed by atoms with van der Waals surface area (Å²) in [6, 6.07) is 8.34. The van der Waals surface area contributed by atoms with Gasteiger partial charge in [-0.15, -0.1) is 0 Å². The lowest BCUT2D eigenvalue weighted by atomic mass is 9.78. The van der Waals surface area contributed by atoms with Crippen molar-refractivity contribution >= 4 is 11.6 Å². The van der Waals surface area contributed by atoms with Crippen LogP contribution in [0.5, 0.6) is 0 Å². The minimum absolute atomic E-state index is 0.310. The molecule has 1 atom stereocenters. The van der Waals surface area contributed by atoms with Crippen molar-refractivity contribution in [2.75, 3.05) is 0 Å². The topological polar surface area (TPSA) is 38.0 Å². The maximum absolute atomic E-state index is 6.21. The highest BCUT2D eigenvalue weighted by Gasteiger charge is 2.36. The molecule has 17 heavy (non-hydrogen) atoms. The Morgan fingerprint density at radius 3 is 2.59 bits per heavy atom. The Balaban J connectivity index is 2.12. The molecule has 0 amide bonds. The van der Waals surface area contributed by atoms with E-state index in [1.54, 1.807) is 0 Å². The highest BCUT2D eigenvalue weighted by Crippen LogP contribution is 2.41. The van der Waals surface area contributed by atoms with Gasteiger partial charge in [0.2, 0.25) is 0 Å². The van der Waals surface area contributed by atoms with Crippen LogP contribution < -0.4 is 11.3 Å². The van der Waals surface area contributed by atoms with Gasteiger partial charge >= 0.3 is 0 Å². The normalized spacial score (nSPS) is 20.4. The summed E-state index contributed by atoms with van der Waals surface area (Å²) in [6.07, 6.45) is 6.06. The van der Waals surface area contributed by atoms with Crippen LogP contribution in [-0.4, -0.2) is 6.04 Å². The summed E-state index contributed by atoms with van der Waals surface area (Å²) in [7, 11) is 0. The predicted octanol–water partition coefficient (Wildman–Crippen LogP) is 3.29. The Morgan fingerprint density at radius 2 is 2.00 bits per heavy atom. The number of hydrogen-bond donors (Lipinski definition) is 2. The van der Waals surface area contributed by atoms with Crippen molar-refractivity contribution in [1.29, 1.82) is 0 Å². The van der Waals surface area contributed by atoms with Crippen molar-refractivity contribution in [1.82, 2.24) is 5.43 Å². The van der Waals surface area contributed by atoms with E-state index >= 15 is 0 Å². The molecule has 2 nitrogen and oxygen atoms in total. The van der Waals surface area contributed by atoms with E-state index in [1.165, 1.54) is 31.2 Å². The van der Waals surface area contributed by atoms with Crippen LogP contribution >= 0.6 is 11.6 Å². The first-order valence-corrected chi connectivity index (χ1v) is 6.73. The third-order valence-electron chi connectivity index (χ3n) is 4.17. The van der Waals surface area contributed by atoms with Gasteiger partial charge in [-0.2, -0.15) is 0 Å². The lowest BCUT2D eigenvalue weighted by Gasteiger charge is -2.34. The zero-order chi connectivity index (χ0) is 12.3. The standard InChI is InChI=1S/C14H21ClN2/c1-14(8-4-5-9-14)13(17-16)10-11-6-2-3-7-12(11)15/h2-3,6-7,13,17H,4-5,8-10,16H2,1H3. The van der Waals surface area contributed by atoms with Gasteiger partial charge in [-0.1, -0.05) is 49.6 Å². The monoisotopic (exact) mass is 252 g/mol. The van der Waals surface area contributed by atoms with Crippen molar-refractivity contribution in [2.24, 2.45) is 11.3 Å². The van der Waals surface area contributed by atoms with Gasteiger partial charge < -0.3 is 0 Å². The minimum atomic E-state index is 0.310. The average Bonchev–Trinajstić information content (AvgIpc) is 2.76. The number of nitrogens with one attached hydrogen (secondary N) is 1. The lowest BCUT2D eigenvalue weighted by Crippen LogP contribution is -2.47. The van der Waals surface area contributed by atoms with E-state index in [2.05, 4.69) is 18.4 Å². The van der Waals surface area contributed by atoms with Crippen molar-refractivity contribution < 1.29 is 0 Å². The highest BCUT2D eigenvalue weighted by atomic mass is 35.5. The molecule has 2 rings (SSSR count). The van der Waals surface area contributed by atoms with E-state index < -0.39 is 0 Å². The van der Waals surface area contributed by atoms with E-state index in [0.717, 1.165) is 11.4 Å². The molecule has 3 N–H and O–H groups in total. The van der Waals surface area contributed by atoms with Gasteiger partial charge in [-0.3, -0.25) is 11.3 Å². The molecule has 3 heteroatoms. The van der Waals surface area contributed by atoms with Gasteiger partial charge in [0.05, 0.1) is 0 Å². The number of rotatable bonds is 4. The lowest BCUT2D eigenvalue weighted by molar-refractivity contribution is 0.221. The van der Waals surface area contributed by atoms with Gasteiger partial charge in [-0.05, 0) is 36.3 Å². The van der Waals surface area contributed by atoms with Crippen molar-refractivity contribution in [3.05, 3.63) is 34.9 Å². The second-order valence-corrected chi connectivity index (χ2v) is 5.78. The molecular formula is C14H21ClN2. The summed E-state index contributed by atoms with van der Waals surface area (Å²) < 4.78 is 0. The Labute approximate surface area is 109 Å². The molecule has 1 unspecified atom stereocenters. The fourth-order valence-electron chi connectivity index (χ4n) is 2.92. The molecule has 1 aromatic carbocycles. The second-order valence-electron chi connectivity index (χ2n) is 5.38. The first-order valence-electron chi connectivity index (χ1n) is 6.35. The van der Waals surface area contributed by atoms with Crippen LogP contribution in [0.25, 0.3) is 0 Å². The zero-order valence-corrected chi connectivity index (χ0v) is 11.1. The van der Waals surface area contributed by atoms with Crippen molar-refractivity contribution in [2.45, 2.75) is 45.1 Å². The molecule has 0 saturated heterocycles. The molecule has 0 radical (unpaired) electrons. The molecule has 0 bridgehead atoms. The summed E-state index contributed by atoms with van der Waals surface area (Å²) >= 11 is 6.21. The molecule has 1 aliphatic rings. The number of hydrogen-bond acceptors (Lipinski definition) is 2. The molecule has 0 spiro atoms. The Kier molecular flexibility index (Phi) is 4.08. The maximum Gasteiger partial charge on any atom is 0.0438 e. The third-order valence-corrected chi connectivity index (χ3v) is 4.54. The fraction of sp³-hybridized carbons (Fsp3) is 0.571. The van der Waals surface area contributed by atoms with Gasteiger partial charge in [0.1, 0.15) is 0 Å². The van der Waals surface area contributed by atoms with E-state index in [-0.39, 0.29) is 0 Å². The van der Waals surface area contributed by atoms with Gasteiger partial charge in [-0.25, -0.2) is 0 Å². The number of halogens is 1. The molecule has 1 aromatic rings. The fourth-order valence-corrected chi connectivity index (χ4v) is 3.13. The summed E-state index contributed by atoms with van der Waals surface area (Å²) in [6.45, 7) is 2.33. The van der Waals surface area contributed by atoms with Crippen LogP contribution in [0.15, 0.2) is 24.3 Å². The van der Waals surface area contributed by atoms with E-state index in [0.29, 0.717) is 11.5 Å². The smallest absolute Gasteiger partial charge is 0.0438 e. The summed E-state index contributed by atoms with van der Waals surface area (Å²) in [4.78, 5) is 0. The molecule has 0 aliphatic heterocycles. The first kappa shape index (κ1) is 12.9. The predicted molar refractivity (Wildman–Crippen MR) is 72.8 cm³/mol. The van der Waals surface area contributed by atoms with Crippen molar-refractivity contribution in [3.8, 4) is 0 Å². The van der Waals surface area contributed by atoms with Crippen LogP contribution in [0.2, 0.25) is 5.02 Å². The van der Waals surface area contributed by atoms with Crippen LogP contribution in [0, 0.1) is 5.41 Å². The minimum Gasteiger partial charge on any atom is -0.271 e. The number of benzene rings is 1. The number of nitrogens with two attached hydrogens (primary N) is 1.